The fourth-order valence-corrected chi connectivity index (χ4v) is 5.27. The summed E-state index contributed by atoms with van der Waals surface area (Å²) < 4.78 is 14.3. The molecule has 2 aromatic rings. The van der Waals surface area contributed by atoms with E-state index in [2.05, 4.69) is 23.1 Å². The number of nitriles is 1. The van der Waals surface area contributed by atoms with Gasteiger partial charge in [0.2, 0.25) is 0 Å². The molecule has 0 radical (unpaired) electrons. The van der Waals surface area contributed by atoms with E-state index >= 15 is 0 Å². The van der Waals surface area contributed by atoms with E-state index in [0.717, 1.165) is 36.4 Å². The van der Waals surface area contributed by atoms with E-state index in [9.17, 15) is 4.39 Å². The monoisotopic (exact) mass is 375 g/mol. The lowest BCUT2D eigenvalue weighted by Crippen LogP contribution is -2.36. The molecular weight excluding hydrogens is 349 g/mol. The maximum absolute atomic E-state index is 14.3. The van der Waals surface area contributed by atoms with Gasteiger partial charge in [-0.2, -0.15) is 5.26 Å². The van der Waals surface area contributed by atoms with Gasteiger partial charge in [0.15, 0.2) is 0 Å². The van der Waals surface area contributed by atoms with Crippen LogP contribution in [0.15, 0.2) is 36.4 Å². The first kappa shape index (κ1) is 17.8. The molecule has 0 amide bonds. The summed E-state index contributed by atoms with van der Waals surface area (Å²) in [6, 6.07) is 14.8. The molecular formula is C24H26FN3. The van der Waals surface area contributed by atoms with E-state index in [-0.39, 0.29) is 5.56 Å². The number of hydrogen-bond acceptors (Lipinski definition) is 3. The average molecular weight is 375 g/mol. The first-order valence-corrected chi connectivity index (χ1v) is 10.5. The van der Waals surface area contributed by atoms with Crippen LogP contribution in [0.4, 0.5) is 4.39 Å². The highest BCUT2D eigenvalue weighted by Crippen LogP contribution is 2.41. The molecule has 2 N–H and O–H groups in total. The molecule has 1 aliphatic carbocycles. The number of nitrogens with two attached hydrogens (primary N) is 1. The third-order valence-corrected chi connectivity index (χ3v) is 6.95. The molecule has 3 fully saturated rings. The van der Waals surface area contributed by atoms with Crippen LogP contribution < -0.4 is 5.73 Å². The molecule has 0 spiro atoms. The highest BCUT2D eigenvalue weighted by molar-refractivity contribution is 5.70. The van der Waals surface area contributed by atoms with Gasteiger partial charge in [0.05, 0.1) is 5.56 Å². The van der Waals surface area contributed by atoms with Crippen LogP contribution in [0.2, 0.25) is 0 Å². The van der Waals surface area contributed by atoms with Crippen molar-refractivity contribution in [1.82, 2.24) is 4.90 Å². The highest BCUT2D eigenvalue weighted by atomic mass is 19.1. The summed E-state index contributed by atoms with van der Waals surface area (Å²) >= 11 is 0. The average Bonchev–Trinajstić information content (AvgIpc) is 3.37. The van der Waals surface area contributed by atoms with E-state index in [1.807, 2.05) is 12.1 Å². The van der Waals surface area contributed by atoms with Crippen molar-refractivity contribution in [3.8, 4) is 17.2 Å². The largest absolute Gasteiger partial charge is 0.326 e. The number of hydrogen-bond donors (Lipinski definition) is 1. The van der Waals surface area contributed by atoms with Crippen LogP contribution in [0.1, 0.15) is 48.8 Å². The minimum absolute atomic E-state index is 0.103. The Morgan fingerprint density at radius 3 is 2.64 bits per heavy atom. The van der Waals surface area contributed by atoms with Crippen LogP contribution in [0, 0.1) is 23.1 Å². The van der Waals surface area contributed by atoms with Gasteiger partial charge in [-0.3, -0.25) is 4.90 Å². The van der Waals surface area contributed by atoms with Gasteiger partial charge in [0.25, 0.3) is 0 Å². The third-order valence-electron chi connectivity index (χ3n) is 6.95. The molecule has 0 aromatic heterocycles. The Morgan fingerprint density at radius 1 is 1.14 bits per heavy atom. The first-order chi connectivity index (χ1) is 13.6. The topological polar surface area (TPSA) is 53.0 Å². The summed E-state index contributed by atoms with van der Waals surface area (Å²) in [4.78, 5) is 2.61. The first-order valence-electron chi connectivity index (χ1n) is 10.5. The van der Waals surface area contributed by atoms with Crippen molar-refractivity contribution < 1.29 is 4.39 Å². The number of fused-ring (bicyclic) bond motifs is 2. The Kier molecular flexibility index (Phi) is 4.45. The van der Waals surface area contributed by atoms with Crippen molar-refractivity contribution in [1.29, 1.82) is 5.26 Å². The second-order valence-corrected chi connectivity index (χ2v) is 8.77. The van der Waals surface area contributed by atoms with Crippen molar-refractivity contribution >= 4 is 0 Å². The van der Waals surface area contributed by atoms with E-state index in [1.54, 1.807) is 6.07 Å². The van der Waals surface area contributed by atoms with Crippen LogP contribution in [-0.4, -0.2) is 23.0 Å². The maximum atomic E-state index is 14.3. The second kappa shape index (κ2) is 6.99. The summed E-state index contributed by atoms with van der Waals surface area (Å²) in [5, 5.41) is 9.04. The number of rotatable bonds is 5. The second-order valence-electron chi connectivity index (χ2n) is 8.77. The Balaban J connectivity index is 1.52. The van der Waals surface area contributed by atoms with Gasteiger partial charge in [-0.05, 0) is 78.8 Å². The molecule has 1 saturated carbocycles. The van der Waals surface area contributed by atoms with E-state index in [0.29, 0.717) is 18.1 Å². The van der Waals surface area contributed by atoms with E-state index < -0.39 is 5.82 Å². The molecule has 2 heterocycles. The standard InChI is InChI=1S/C24H26FN3/c25-22-11-16(6-7-17(22)13-26)20-3-1-2-18(21(20)10-15-4-5-15)14-28-19-8-9-24(28)23(27)12-19/h1-3,6-7,11,15,19,23-24H,4-5,8-10,12,14,27H2/t19-,23+,24+/m0/s1. The lowest BCUT2D eigenvalue weighted by atomic mass is 9.91. The summed E-state index contributed by atoms with van der Waals surface area (Å²) in [6.07, 6.45) is 7.22. The summed E-state index contributed by atoms with van der Waals surface area (Å²) in [7, 11) is 0. The van der Waals surface area contributed by atoms with Crippen LogP contribution >= 0.6 is 0 Å². The predicted octanol–water partition coefficient (Wildman–Crippen LogP) is 4.38. The quantitative estimate of drug-likeness (QED) is 0.844. The Bertz CT molecular complexity index is 943. The van der Waals surface area contributed by atoms with Crippen molar-refractivity contribution in [3.63, 3.8) is 0 Å². The summed E-state index contributed by atoms with van der Waals surface area (Å²) in [5.41, 5.74) is 11.2. The van der Waals surface area contributed by atoms with E-state index in [4.69, 9.17) is 11.0 Å². The van der Waals surface area contributed by atoms with Crippen LogP contribution in [0.3, 0.4) is 0 Å². The van der Waals surface area contributed by atoms with Crippen molar-refractivity contribution in [2.75, 3.05) is 0 Å². The van der Waals surface area contributed by atoms with Gasteiger partial charge in [0, 0.05) is 24.7 Å². The Hall–Kier alpha value is -2.22. The summed E-state index contributed by atoms with van der Waals surface area (Å²) in [5.74, 6) is 0.312. The van der Waals surface area contributed by atoms with Crippen molar-refractivity contribution in [2.45, 2.75) is 63.2 Å². The third kappa shape index (κ3) is 3.13. The van der Waals surface area contributed by atoms with Gasteiger partial charge in [-0.15, -0.1) is 0 Å². The molecule has 3 aliphatic rings. The van der Waals surface area contributed by atoms with Gasteiger partial charge in [-0.1, -0.05) is 24.3 Å². The minimum atomic E-state index is -0.439. The molecule has 5 rings (SSSR count). The van der Waals surface area contributed by atoms with Gasteiger partial charge >= 0.3 is 0 Å². The summed E-state index contributed by atoms with van der Waals surface area (Å²) in [6.45, 7) is 0.942. The molecule has 144 valence electrons. The molecule has 2 bridgehead atoms. The fourth-order valence-electron chi connectivity index (χ4n) is 5.27. The Morgan fingerprint density at radius 2 is 2.00 bits per heavy atom. The van der Waals surface area contributed by atoms with Gasteiger partial charge < -0.3 is 5.73 Å². The molecule has 0 unspecified atom stereocenters. The lowest BCUT2D eigenvalue weighted by Gasteiger charge is -2.25. The normalized spacial score (nSPS) is 26.5. The zero-order valence-electron chi connectivity index (χ0n) is 16.1. The zero-order chi connectivity index (χ0) is 19.3. The van der Waals surface area contributed by atoms with Gasteiger partial charge in [-0.25, -0.2) is 4.39 Å². The van der Waals surface area contributed by atoms with Crippen LogP contribution in [0.5, 0.6) is 0 Å². The van der Waals surface area contributed by atoms with Crippen LogP contribution in [0.25, 0.3) is 11.1 Å². The molecule has 4 heteroatoms. The lowest BCUT2D eigenvalue weighted by molar-refractivity contribution is 0.238. The molecule has 2 saturated heterocycles. The van der Waals surface area contributed by atoms with E-state index in [1.165, 1.54) is 42.9 Å². The zero-order valence-corrected chi connectivity index (χ0v) is 16.1. The minimum Gasteiger partial charge on any atom is -0.326 e. The van der Waals surface area contributed by atoms with Crippen LogP contribution in [-0.2, 0) is 13.0 Å². The molecule has 3 nitrogen and oxygen atoms in total. The SMILES string of the molecule is N#Cc1ccc(-c2cccc(CN3[C@H]4CC[C@@H]3[C@H](N)C4)c2CC2CC2)cc1F. The number of nitrogens with zero attached hydrogens (tertiary/aromatic N) is 2. The Labute approximate surface area is 166 Å². The molecule has 2 aromatic carbocycles. The maximum Gasteiger partial charge on any atom is 0.141 e. The van der Waals surface area contributed by atoms with Gasteiger partial charge in [0.1, 0.15) is 11.9 Å². The van der Waals surface area contributed by atoms with Crippen molar-refractivity contribution in [3.05, 3.63) is 58.9 Å². The number of halogens is 1. The molecule has 2 aliphatic heterocycles. The smallest absolute Gasteiger partial charge is 0.141 e. The van der Waals surface area contributed by atoms with Crippen molar-refractivity contribution in [2.24, 2.45) is 11.7 Å². The molecule has 3 atom stereocenters. The predicted molar refractivity (Wildman–Crippen MR) is 108 cm³/mol. The molecule has 28 heavy (non-hydrogen) atoms. The number of benzene rings is 2. The fraction of sp³-hybridized carbons (Fsp3) is 0.458. The highest BCUT2D eigenvalue weighted by Gasteiger charge is 2.44.